The van der Waals surface area contributed by atoms with Gasteiger partial charge < -0.3 is 9.64 Å². The van der Waals surface area contributed by atoms with Crippen LogP contribution in [0, 0.1) is 0 Å². The van der Waals surface area contributed by atoms with Crippen LogP contribution >= 0.6 is 0 Å². The summed E-state index contributed by atoms with van der Waals surface area (Å²) in [6.07, 6.45) is 4.57. The van der Waals surface area contributed by atoms with Crippen LogP contribution in [0.15, 0.2) is 34.6 Å². The predicted octanol–water partition coefficient (Wildman–Crippen LogP) is 2.23. The summed E-state index contributed by atoms with van der Waals surface area (Å²) in [6, 6.07) is 0. The van der Waals surface area contributed by atoms with E-state index in [9.17, 15) is 4.79 Å². The summed E-state index contributed by atoms with van der Waals surface area (Å²) in [7, 11) is 0. The Balaban J connectivity index is 2.06. The Morgan fingerprint density at radius 2 is 2.19 bits per heavy atom. The maximum atomic E-state index is 11.7. The number of ether oxygens (including phenoxy) is 1. The molecular weight excluding hydrogens is 208 g/mol. The third kappa shape index (κ3) is 2.21. The van der Waals surface area contributed by atoms with Crippen LogP contribution in [-0.2, 0) is 4.74 Å². The van der Waals surface area contributed by atoms with E-state index in [1.165, 1.54) is 4.90 Å². The van der Waals surface area contributed by atoms with E-state index in [0.717, 1.165) is 0 Å². The maximum absolute atomic E-state index is 11.7. The molecule has 0 aliphatic carbocycles. The fraction of sp³-hybridized carbons (Fsp3) is 0.500. The van der Waals surface area contributed by atoms with E-state index in [0.29, 0.717) is 12.5 Å². The normalized spacial score (nSPS) is 18.6. The van der Waals surface area contributed by atoms with Gasteiger partial charge in [0.1, 0.15) is 12.3 Å². The Hall–Kier alpha value is -1.85. The molecule has 0 saturated heterocycles. The Bertz CT molecular complexity index is 392. The third-order valence-electron chi connectivity index (χ3n) is 1.95. The van der Waals surface area contributed by atoms with Gasteiger partial charge in [0, 0.05) is 12.4 Å². The topological polar surface area (TPSA) is 57.5 Å². The lowest BCUT2D eigenvalue weighted by Crippen LogP contribution is -2.33. The van der Waals surface area contributed by atoms with Crippen LogP contribution in [0.2, 0.25) is 0 Å². The lowest BCUT2D eigenvalue weighted by molar-refractivity contribution is 0.0391. The molecule has 86 valence electrons. The standard InChI is InChI=1S/C10H14N4O2/c1-10(2,3)16-9(15)13-4-5-14-7-11-12-8(14)6-13/h4-6H,7H2,1-3H3. The molecule has 2 aliphatic heterocycles. The van der Waals surface area contributed by atoms with Crippen molar-refractivity contribution in [3.8, 4) is 0 Å². The molecule has 0 fully saturated rings. The quantitative estimate of drug-likeness (QED) is 0.631. The zero-order chi connectivity index (χ0) is 11.8. The van der Waals surface area contributed by atoms with Gasteiger partial charge in [0.25, 0.3) is 0 Å². The molecule has 0 saturated carbocycles. The highest BCUT2D eigenvalue weighted by Gasteiger charge is 2.24. The third-order valence-corrected chi connectivity index (χ3v) is 1.95. The van der Waals surface area contributed by atoms with E-state index in [2.05, 4.69) is 10.2 Å². The van der Waals surface area contributed by atoms with E-state index in [1.807, 2.05) is 25.7 Å². The van der Waals surface area contributed by atoms with Crippen LogP contribution in [0.4, 0.5) is 4.79 Å². The SMILES string of the molecule is CC(C)(C)OC(=O)N1C=CN2CN=NC2=C1. The van der Waals surface area contributed by atoms with Crippen LogP contribution < -0.4 is 0 Å². The lowest BCUT2D eigenvalue weighted by Gasteiger charge is -2.26. The predicted molar refractivity (Wildman–Crippen MR) is 56.9 cm³/mol. The summed E-state index contributed by atoms with van der Waals surface area (Å²) in [5, 5.41) is 7.75. The number of amides is 1. The number of rotatable bonds is 0. The molecule has 0 spiro atoms. The summed E-state index contributed by atoms with van der Waals surface area (Å²) in [5.74, 6) is 0.647. The number of hydrogen-bond acceptors (Lipinski definition) is 5. The van der Waals surface area contributed by atoms with Gasteiger partial charge in [-0.1, -0.05) is 0 Å². The summed E-state index contributed by atoms with van der Waals surface area (Å²) in [4.78, 5) is 14.9. The van der Waals surface area contributed by atoms with Gasteiger partial charge in [0.2, 0.25) is 0 Å². The van der Waals surface area contributed by atoms with Crippen molar-refractivity contribution in [3.63, 3.8) is 0 Å². The molecular formula is C10H14N4O2. The smallest absolute Gasteiger partial charge is 0.418 e. The second kappa shape index (κ2) is 3.62. The molecule has 6 nitrogen and oxygen atoms in total. The number of carbonyl (C=O) groups excluding carboxylic acids is 1. The zero-order valence-electron chi connectivity index (χ0n) is 9.54. The van der Waals surface area contributed by atoms with Crippen molar-refractivity contribution in [2.75, 3.05) is 6.67 Å². The molecule has 0 aromatic heterocycles. The molecule has 16 heavy (non-hydrogen) atoms. The minimum atomic E-state index is -0.502. The fourth-order valence-corrected chi connectivity index (χ4v) is 1.27. The monoisotopic (exact) mass is 222 g/mol. The fourth-order valence-electron chi connectivity index (χ4n) is 1.27. The summed E-state index contributed by atoms with van der Waals surface area (Å²) < 4.78 is 5.23. The lowest BCUT2D eigenvalue weighted by atomic mass is 10.2. The van der Waals surface area contributed by atoms with E-state index in [1.54, 1.807) is 18.6 Å². The molecule has 0 bridgehead atoms. The van der Waals surface area contributed by atoms with Crippen LogP contribution in [0.5, 0.6) is 0 Å². The second-order valence-electron chi connectivity index (χ2n) is 4.53. The van der Waals surface area contributed by atoms with Crippen LogP contribution in [0.25, 0.3) is 0 Å². The first-order valence-corrected chi connectivity index (χ1v) is 5.01. The first-order chi connectivity index (χ1) is 7.46. The molecule has 0 aromatic rings. The van der Waals surface area contributed by atoms with Crippen molar-refractivity contribution in [2.24, 2.45) is 10.2 Å². The van der Waals surface area contributed by atoms with Crippen molar-refractivity contribution in [1.82, 2.24) is 9.80 Å². The number of azo groups is 1. The molecule has 2 rings (SSSR count). The highest BCUT2D eigenvalue weighted by Crippen LogP contribution is 2.21. The van der Waals surface area contributed by atoms with E-state index in [-0.39, 0.29) is 0 Å². The van der Waals surface area contributed by atoms with Crippen LogP contribution in [-0.4, -0.2) is 28.2 Å². The van der Waals surface area contributed by atoms with E-state index < -0.39 is 11.7 Å². The highest BCUT2D eigenvalue weighted by atomic mass is 16.6. The molecule has 0 radical (unpaired) electrons. The molecule has 0 N–H and O–H groups in total. The molecule has 2 aliphatic rings. The zero-order valence-corrected chi connectivity index (χ0v) is 9.54. The largest absolute Gasteiger partial charge is 0.443 e. The van der Waals surface area contributed by atoms with Gasteiger partial charge in [-0.05, 0) is 20.8 Å². The Kier molecular flexibility index (Phi) is 2.41. The number of carbonyl (C=O) groups is 1. The van der Waals surface area contributed by atoms with Gasteiger partial charge >= 0.3 is 6.09 Å². The van der Waals surface area contributed by atoms with Gasteiger partial charge in [-0.3, -0.25) is 4.90 Å². The molecule has 6 heteroatoms. The highest BCUT2D eigenvalue weighted by molar-refractivity contribution is 5.71. The molecule has 0 atom stereocenters. The first kappa shape index (κ1) is 10.7. The van der Waals surface area contributed by atoms with Crippen molar-refractivity contribution in [2.45, 2.75) is 26.4 Å². The molecule has 1 amide bonds. The van der Waals surface area contributed by atoms with Gasteiger partial charge in [-0.2, -0.15) is 5.11 Å². The van der Waals surface area contributed by atoms with Gasteiger partial charge in [0.15, 0.2) is 5.82 Å². The van der Waals surface area contributed by atoms with Gasteiger partial charge in [-0.25, -0.2) is 4.79 Å². The van der Waals surface area contributed by atoms with Gasteiger partial charge in [-0.15, -0.1) is 5.11 Å². The number of fused-ring (bicyclic) bond motifs is 1. The Morgan fingerprint density at radius 1 is 1.44 bits per heavy atom. The van der Waals surface area contributed by atoms with Crippen molar-refractivity contribution in [3.05, 3.63) is 24.4 Å². The summed E-state index contributed by atoms with van der Waals surface area (Å²) in [5.41, 5.74) is -0.502. The first-order valence-electron chi connectivity index (χ1n) is 5.01. The van der Waals surface area contributed by atoms with Crippen molar-refractivity contribution in [1.29, 1.82) is 0 Å². The van der Waals surface area contributed by atoms with Gasteiger partial charge in [0.05, 0.1) is 6.20 Å². The summed E-state index contributed by atoms with van der Waals surface area (Å²) in [6.45, 7) is 5.98. The maximum Gasteiger partial charge on any atom is 0.418 e. The second-order valence-corrected chi connectivity index (χ2v) is 4.53. The molecule has 0 unspecified atom stereocenters. The Morgan fingerprint density at radius 3 is 2.88 bits per heavy atom. The van der Waals surface area contributed by atoms with E-state index >= 15 is 0 Å². The molecule has 0 aromatic carbocycles. The van der Waals surface area contributed by atoms with Crippen molar-refractivity contribution < 1.29 is 9.53 Å². The molecule has 2 heterocycles. The minimum absolute atomic E-state index is 0.419. The number of hydrogen-bond donors (Lipinski definition) is 0. The average molecular weight is 222 g/mol. The minimum Gasteiger partial charge on any atom is -0.443 e. The summed E-state index contributed by atoms with van der Waals surface area (Å²) >= 11 is 0. The van der Waals surface area contributed by atoms with Crippen LogP contribution in [0.3, 0.4) is 0 Å². The Labute approximate surface area is 93.9 Å². The van der Waals surface area contributed by atoms with E-state index in [4.69, 9.17) is 4.74 Å². The number of nitrogens with zero attached hydrogens (tertiary/aromatic N) is 4. The average Bonchev–Trinajstić information content (AvgIpc) is 2.61. The van der Waals surface area contributed by atoms with Crippen LogP contribution in [0.1, 0.15) is 20.8 Å². The van der Waals surface area contributed by atoms with Crippen molar-refractivity contribution >= 4 is 6.09 Å².